The molecule has 3 N–H and O–H groups in total. The number of carbonyl (C=O) groups is 1. The maximum atomic E-state index is 12.6. The van der Waals surface area contributed by atoms with Gasteiger partial charge in [0, 0.05) is 41.9 Å². The number of rotatable bonds is 4. The number of benzene rings is 1. The van der Waals surface area contributed by atoms with E-state index in [4.69, 9.17) is 21.8 Å². The molecule has 1 fully saturated rings. The number of fused-ring (bicyclic) bond motifs is 2. The number of carbonyl (C=O) groups excluding carboxylic acids is 1. The van der Waals surface area contributed by atoms with Crippen LogP contribution < -0.4 is 5.73 Å². The fourth-order valence-corrected chi connectivity index (χ4v) is 6.00. The number of nitrogen functional groups attached to an aromatic ring is 1. The number of ether oxygens (including phenoxy) is 1. The van der Waals surface area contributed by atoms with Crippen molar-refractivity contribution in [2.24, 2.45) is 0 Å². The number of hydrogen-bond donors (Lipinski definition) is 2. The summed E-state index contributed by atoms with van der Waals surface area (Å²) >= 11 is 8.34. The molecule has 0 radical (unpaired) electrons. The molecule has 1 saturated carbocycles. The van der Waals surface area contributed by atoms with E-state index in [1.165, 1.54) is 11.3 Å². The van der Waals surface area contributed by atoms with Gasteiger partial charge in [0.05, 0.1) is 38.4 Å². The van der Waals surface area contributed by atoms with E-state index in [1.807, 2.05) is 18.2 Å². The third kappa shape index (κ3) is 4.49. The Morgan fingerprint density at radius 3 is 2.74 bits per heavy atom. The number of nitrogens with two attached hydrogens (primary N) is 1. The molecular formula is C25H19ClF3N5O4S. The van der Waals surface area contributed by atoms with E-state index in [0.717, 1.165) is 15.8 Å². The lowest BCUT2D eigenvalue weighted by atomic mass is 9.90. The third-order valence-electron chi connectivity index (χ3n) is 6.82. The van der Waals surface area contributed by atoms with Crippen molar-refractivity contribution in [2.45, 2.75) is 43.7 Å². The highest BCUT2D eigenvalue weighted by atomic mass is 35.5. The van der Waals surface area contributed by atoms with Crippen LogP contribution in [0, 0.1) is 0 Å². The second-order valence-corrected chi connectivity index (χ2v) is 10.5. The summed E-state index contributed by atoms with van der Waals surface area (Å²) in [6.07, 6.45) is -0.0661. The molecule has 0 unspecified atom stereocenters. The van der Waals surface area contributed by atoms with E-state index in [0.29, 0.717) is 32.9 Å². The number of anilines is 1. The minimum atomic E-state index is -5.18. The lowest BCUT2D eigenvalue weighted by Crippen LogP contribution is -2.42. The number of aromatic nitrogens is 4. The van der Waals surface area contributed by atoms with Crippen LogP contribution >= 0.6 is 22.9 Å². The van der Waals surface area contributed by atoms with Crippen molar-refractivity contribution in [3.05, 3.63) is 47.3 Å². The number of pyridine rings is 1. The van der Waals surface area contributed by atoms with Gasteiger partial charge in [0.1, 0.15) is 0 Å². The van der Waals surface area contributed by atoms with Crippen LogP contribution in [0.25, 0.3) is 43.6 Å². The zero-order chi connectivity index (χ0) is 27.5. The van der Waals surface area contributed by atoms with Crippen LogP contribution in [-0.4, -0.2) is 42.8 Å². The Kier molecular flexibility index (Phi) is 6.04. The van der Waals surface area contributed by atoms with Crippen molar-refractivity contribution < 1.29 is 32.2 Å². The molecule has 1 aliphatic rings. The van der Waals surface area contributed by atoms with Gasteiger partial charge in [-0.1, -0.05) is 17.7 Å². The van der Waals surface area contributed by atoms with Gasteiger partial charge in [0.2, 0.25) is 5.79 Å². The third-order valence-corrected chi connectivity index (χ3v) is 8.06. The Balaban J connectivity index is 1.30. The van der Waals surface area contributed by atoms with Gasteiger partial charge in [-0.3, -0.25) is 4.68 Å². The molecular weight excluding hydrogens is 559 g/mol. The molecule has 0 atom stereocenters. The zero-order valence-corrected chi connectivity index (χ0v) is 21.5. The number of alkyl halides is 3. The van der Waals surface area contributed by atoms with E-state index >= 15 is 0 Å². The summed E-state index contributed by atoms with van der Waals surface area (Å²) in [6, 6.07) is 5.42. The topological polar surface area (TPSA) is 129 Å². The first kappa shape index (κ1) is 25.6. The Morgan fingerprint density at radius 2 is 2.00 bits per heavy atom. The summed E-state index contributed by atoms with van der Waals surface area (Å²) in [7, 11) is 0. The van der Waals surface area contributed by atoms with Crippen LogP contribution in [0.4, 0.5) is 19.0 Å². The van der Waals surface area contributed by atoms with Gasteiger partial charge in [-0.25, -0.2) is 14.8 Å². The Bertz CT molecular complexity index is 1720. The molecule has 6 rings (SSSR count). The molecule has 0 spiro atoms. The predicted molar refractivity (Wildman–Crippen MR) is 138 cm³/mol. The van der Waals surface area contributed by atoms with Gasteiger partial charge in [0.15, 0.2) is 17.2 Å². The van der Waals surface area contributed by atoms with Crippen molar-refractivity contribution in [1.82, 2.24) is 19.7 Å². The normalized spacial score (nSPS) is 20.1. The van der Waals surface area contributed by atoms with E-state index < -0.39 is 17.9 Å². The molecule has 0 amide bonds. The largest absolute Gasteiger partial charge is 0.491 e. The molecule has 9 nitrogen and oxygen atoms in total. The minimum absolute atomic E-state index is 0.164. The molecule has 0 aliphatic heterocycles. The molecule has 4 aromatic heterocycles. The van der Waals surface area contributed by atoms with Gasteiger partial charge >= 0.3 is 12.1 Å². The number of thiazole rings is 1. The monoisotopic (exact) mass is 577 g/mol. The van der Waals surface area contributed by atoms with E-state index in [9.17, 15) is 23.1 Å². The Labute approximate surface area is 227 Å². The number of esters is 1. The quantitative estimate of drug-likeness (QED) is 0.193. The molecule has 202 valence electrons. The summed E-state index contributed by atoms with van der Waals surface area (Å²) in [4.78, 5) is 19.8. The molecule has 0 saturated heterocycles. The second-order valence-electron chi connectivity index (χ2n) is 9.29. The van der Waals surface area contributed by atoms with Gasteiger partial charge < -0.3 is 20.0 Å². The van der Waals surface area contributed by atoms with Gasteiger partial charge in [0.25, 0.3) is 0 Å². The molecule has 14 heteroatoms. The number of nitrogens with zero attached hydrogens (tertiary/aromatic N) is 4. The number of halogens is 4. The zero-order valence-electron chi connectivity index (χ0n) is 19.9. The average Bonchev–Trinajstić information content (AvgIpc) is 3.64. The van der Waals surface area contributed by atoms with E-state index in [-0.39, 0.29) is 37.5 Å². The van der Waals surface area contributed by atoms with Gasteiger partial charge in [-0.05, 0) is 25.0 Å². The van der Waals surface area contributed by atoms with Crippen LogP contribution in [0.5, 0.6) is 0 Å². The number of furan rings is 1. The lowest BCUT2D eigenvalue weighted by molar-refractivity contribution is -0.256. The summed E-state index contributed by atoms with van der Waals surface area (Å²) in [6.45, 7) is 0. The molecule has 5 aromatic rings. The lowest BCUT2D eigenvalue weighted by Gasteiger charge is -2.35. The Hall–Kier alpha value is -3.68. The standard InChI is InChI=1S/C25H19ClF3N5O4S/c26-18-17-15(9-31-22(30)20(17)37-19(18)14-2-1-3-16-21(14)39-11-32-16)12-8-33-34(10-12)13-4-6-24(36,7-5-13)38-23(35)25(27,28)29/h1-3,8-11,13,36H,4-7H2,(H2,30,31). The average molecular weight is 578 g/mol. The van der Waals surface area contributed by atoms with Crippen LogP contribution in [-0.2, 0) is 9.53 Å². The fourth-order valence-electron chi connectivity index (χ4n) is 4.87. The van der Waals surface area contributed by atoms with Crippen LogP contribution in [0.3, 0.4) is 0 Å². The first-order valence-corrected chi connectivity index (χ1v) is 13.1. The molecule has 0 bridgehead atoms. The van der Waals surface area contributed by atoms with Crippen molar-refractivity contribution in [3.63, 3.8) is 0 Å². The van der Waals surface area contributed by atoms with Crippen LogP contribution in [0.15, 0.2) is 46.7 Å². The maximum absolute atomic E-state index is 12.6. The number of aliphatic hydroxyl groups is 1. The smallest absolute Gasteiger partial charge is 0.450 e. The molecule has 1 aromatic carbocycles. The first-order chi connectivity index (χ1) is 18.5. The van der Waals surface area contributed by atoms with Gasteiger partial charge in [-0.15, -0.1) is 11.3 Å². The fraction of sp³-hybridized carbons (Fsp3) is 0.280. The predicted octanol–water partition coefficient (Wildman–Crippen LogP) is 6.11. The van der Waals surface area contributed by atoms with Crippen molar-refractivity contribution in [1.29, 1.82) is 0 Å². The van der Waals surface area contributed by atoms with Crippen LogP contribution in [0.1, 0.15) is 31.7 Å². The summed E-state index contributed by atoms with van der Waals surface area (Å²) in [5, 5.41) is 15.7. The summed E-state index contributed by atoms with van der Waals surface area (Å²) < 4.78 is 50.8. The number of hydrogen-bond acceptors (Lipinski definition) is 9. The molecule has 4 heterocycles. The SMILES string of the molecule is Nc1ncc(-c2cnn(C3CCC(O)(OC(=O)C(F)(F)F)CC3)c2)c2c(Cl)c(-c3cccc4ncsc34)oc12. The highest BCUT2D eigenvalue weighted by molar-refractivity contribution is 7.17. The first-order valence-electron chi connectivity index (χ1n) is 11.8. The highest BCUT2D eigenvalue weighted by Gasteiger charge is 2.47. The Morgan fingerprint density at radius 1 is 1.23 bits per heavy atom. The highest BCUT2D eigenvalue weighted by Crippen LogP contribution is 2.46. The summed E-state index contributed by atoms with van der Waals surface area (Å²) in [5.41, 5.74) is 11.1. The van der Waals surface area contributed by atoms with Gasteiger partial charge in [-0.2, -0.15) is 18.3 Å². The maximum Gasteiger partial charge on any atom is 0.491 e. The molecule has 1 aliphatic carbocycles. The van der Waals surface area contributed by atoms with Crippen molar-refractivity contribution >= 4 is 55.9 Å². The second kappa shape index (κ2) is 9.21. The van der Waals surface area contributed by atoms with Crippen LogP contribution in [0.2, 0.25) is 5.02 Å². The minimum Gasteiger partial charge on any atom is -0.450 e. The van der Waals surface area contributed by atoms with Crippen molar-refractivity contribution in [2.75, 3.05) is 5.73 Å². The van der Waals surface area contributed by atoms with E-state index in [1.54, 1.807) is 28.8 Å². The summed E-state index contributed by atoms with van der Waals surface area (Å²) in [5.74, 6) is -3.97. The van der Waals surface area contributed by atoms with Crippen molar-refractivity contribution in [3.8, 4) is 22.5 Å². The van der Waals surface area contributed by atoms with E-state index in [2.05, 4.69) is 19.8 Å². The molecule has 39 heavy (non-hydrogen) atoms.